The summed E-state index contributed by atoms with van der Waals surface area (Å²) in [6.45, 7) is 1.14. The van der Waals surface area contributed by atoms with Gasteiger partial charge in [0.25, 0.3) is 0 Å². The van der Waals surface area contributed by atoms with E-state index in [-0.39, 0.29) is 16.0 Å². The van der Waals surface area contributed by atoms with Gasteiger partial charge < -0.3 is 5.32 Å². The van der Waals surface area contributed by atoms with Crippen LogP contribution >= 0.6 is 0 Å². The molecule has 0 saturated heterocycles. The van der Waals surface area contributed by atoms with Gasteiger partial charge in [-0.15, -0.1) is 0 Å². The Hall–Kier alpha value is -2.68. The monoisotopic (exact) mass is 380 g/mol. The molecule has 0 aliphatic carbocycles. The van der Waals surface area contributed by atoms with Crippen LogP contribution < -0.4 is 5.32 Å². The molecule has 0 bridgehead atoms. The minimum absolute atomic E-state index is 0.0559. The van der Waals surface area contributed by atoms with Gasteiger partial charge in [0.2, 0.25) is 9.84 Å². The van der Waals surface area contributed by atoms with E-state index in [9.17, 15) is 26.4 Å². The van der Waals surface area contributed by atoms with Gasteiger partial charge in [0, 0.05) is 23.2 Å². The van der Waals surface area contributed by atoms with E-state index in [1.165, 1.54) is 12.1 Å². The largest absolute Gasteiger partial charge is 0.416 e. The first-order valence-electron chi connectivity index (χ1n) is 7.63. The first-order valence-corrected chi connectivity index (χ1v) is 9.12. The molecular weight excluding hydrogens is 369 g/mol. The summed E-state index contributed by atoms with van der Waals surface area (Å²) in [6, 6.07) is 6.36. The predicted molar refractivity (Wildman–Crippen MR) is 86.2 cm³/mol. The van der Waals surface area contributed by atoms with Gasteiger partial charge in [-0.05, 0) is 30.3 Å². The summed E-state index contributed by atoms with van der Waals surface area (Å²) in [6.07, 6.45) is -4.71. The third kappa shape index (κ3) is 2.42. The Kier molecular flexibility index (Phi) is 3.49. The number of hydrogen-bond donors (Lipinski definition) is 1. The molecule has 0 unspecified atom stereocenters. The van der Waals surface area contributed by atoms with Crippen molar-refractivity contribution >= 4 is 21.5 Å². The number of benzene rings is 2. The molecule has 2 aliphatic heterocycles. The maximum absolute atomic E-state index is 13.0. The Morgan fingerprint density at radius 3 is 2.27 bits per heavy atom. The molecule has 2 aromatic carbocycles. The Morgan fingerprint density at radius 1 is 1.00 bits per heavy atom. The van der Waals surface area contributed by atoms with E-state index in [1.54, 1.807) is 6.07 Å². The number of sulfone groups is 1. The summed E-state index contributed by atoms with van der Waals surface area (Å²) in [4.78, 5) is 15.9. The van der Waals surface area contributed by atoms with Crippen LogP contribution in [0.1, 0.15) is 27.0 Å². The van der Waals surface area contributed by atoms with E-state index in [2.05, 4.69) is 10.3 Å². The fourth-order valence-electron chi connectivity index (χ4n) is 3.04. The van der Waals surface area contributed by atoms with Crippen molar-refractivity contribution in [3.63, 3.8) is 0 Å². The van der Waals surface area contributed by atoms with E-state index in [1.807, 2.05) is 0 Å². The number of fused-ring (bicyclic) bond motifs is 2. The molecule has 134 valence electrons. The number of nitrogens with zero attached hydrogens (tertiary/aromatic N) is 1. The second-order valence-electron chi connectivity index (χ2n) is 5.91. The zero-order valence-electron chi connectivity index (χ0n) is 13.1. The Morgan fingerprint density at radius 2 is 1.65 bits per heavy atom. The molecule has 0 atom stereocenters. The van der Waals surface area contributed by atoms with Crippen LogP contribution in [0.25, 0.3) is 0 Å². The molecule has 2 aromatic rings. The van der Waals surface area contributed by atoms with Gasteiger partial charge in [-0.2, -0.15) is 13.2 Å². The SMILES string of the molecule is O=C1c2ccc(C3=NCCN3)cc2S(=O)(=O)c2cc(C(F)(F)F)ccc21. The highest BCUT2D eigenvalue weighted by Gasteiger charge is 2.38. The minimum Gasteiger partial charge on any atom is -0.368 e. The smallest absolute Gasteiger partial charge is 0.368 e. The number of amidine groups is 1. The zero-order chi connectivity index (χ0) is 18.7. The van der Waals surface area contributed by atoms with Crippen molar-refractivity contribution in [2.75, 3.05) is 13.1 Å². The maximum Gasteiger partial charge on any atom is 0.416 e. The molecule has 0 amide bonds. The highest BCUT2D eigenvalue weighted by molar-refractivity contribution is 7.91. The third-order valence-electron chi connectivity index (χ3n) is 4.31. The fourth-order valence-corrected chi connectivity index (χ4v) is 4.74. The van der Waals surface area contributed by atoms with Crippen molar-refractivity contribution in [2.24, 2.45) is 4.99 Å². The number of carbonyl (C=O) groups excluding carboxylic acids is 1. The second kappa shape index (κ2) is 5.41. The third-order valence-corrected chi connectivity index (χ3v) is 6.14. The normalized spacial score (nSPS) is 18.0. The maximum atomic E-state index is 13.0. The number of aliphatic imine (C=N–C) groups is 1. The lowest BCUT2D eigenvalue weighted by Gasteiger charge is -2.21. The quantitative estimate of drug-likeness (QED) is 0.704. The Bertz CT molecular complexity index is 1090. The Balaban J connectivity index is 1.93. The van der Waals surface area contributed by atoms with Gasteiger partial charge in [-0.1, -0.05) is 6.07 Å². The molecule has 4 rings (SSSR count). The van der Waals surface area contributed by atoms with Crippen molar-refractivity contribution in [1.29, 1.82) is 0 Å². The lowest BCUT2D eigenvalue weighted by atomic mass is 9.99. The van der Waals surface area contributed by atoms with Gasteiger partial charge in [-0.25, -0.2) is 8.42 Å². The molecule has 0 radical (unpaired) electrons. The number of nitrogens with one attached hydrogen (secondary N) is 1. The summed E-state index contributed by atoms with van der Waals surface area (Å²) in [5.41, 5.74) is -0.962. The molecule has 5 nitrogen and oxygen atoms in total. The highest BCUT2D eigenvalue weighted by atomic mass is 32.2. The molecule has 0 aromatic heterocycles. The van der Waals surface area contributed by atoms with Gasteiger partial charge in [0.1, 0.15) is 5.84 Å². The van der Waals surface area contributed by atoms with Crippen molar-refractivity contribution < 1.29 is 26.4 Å². The average molecular weight is 380 g/mol. The van der Waals surface area contributed by atoms with Crippen LogP contribution in [0.3, 0.4) is 0 Å². The van der Waals surface area contributed by atoms with Crippen LogP contribution in [0.15, 0.2) is 51.2 Å². The van der Waals surface area contributed by atoms with E-state index in [0.717, 1.165) is 6.07 Å². The van der Waals surface area contributed by atoms with E-state index in [0.29, 0.717) is 36.6 Å². The average Bonchev–Trinajstić information content (AvgIpc) is 3.13. The molecular formula is C17H11F3N2O3S. The van der Waals surface area contributed by atoms with Crippen LogP contribution in [-0.2, 0) is 16.0 Å². The molecule has 2 aliphatic rings. The molecule has 0 spiro atoms. The predicted octanol–water partition coefficient (Wildman–Crippen LogP) is 2.43. The lowest BCUT2D eigenvalue weighted by Crippen LogP contribution is -2.24. The van der Waals surface area contributed by atoms with E-state index < -0.39 is 32.3 Å². The number of ketones is 1. The summed E-state index contributed by atoms with van der Waals surface area (Å²) in [5.74, 6) is -0.128. The molecule has 9 heteroatoms. The minimum atomic E-state index is -4.71. The highest BCUT2D eigenvalue weighted by Crippen LogP contribution is 2.38. The molecule has 0 fully saturated rings. The number of hydrogen-bond acceptors (Lipinski definition) is 5. The van der Waals surface area contributed by atoms with E-state index in [4.69, 9.17) is 0 Å². The first-order chi connectivity index (χ1) is 12.2. The standard InChI is InChI=1S/C17H11F3N2O3S/c18-17(19,20)10-2-4-12-14(8-10)26(24,25)13-7-9(16-21-5-6-22-16)1-3-11(13)15(12)23/h1-4,7-8H,5-6H2,(H,21,22). The van der Waals surface area contributed by atoms with Gasteiger partial charge >= 0.3 is 6.18 Å². The van der Waals surface area contributed by atoms with Crippen molar-refractivity contribution in [3.05, 3.63) is 58.7 Å². The number of rotatable bonds is 1. The van der Waals surface area contributed by atoms with Gasteiger partial charge in [-0.3, -0.25) is 9.79 Å². The molecule has 0 saturated carbocycles. The summed E-state index contributed by atoms with van der Waals surface area (Å²) in [7, 11) is -4.27. The first kappa shape index (κ1) is 16.8. The summed E-state index contributed by atoms with van der Waals surface area (Å²) >= 11 is 0. The van der Waals surface area contributed by atoms with Gasteiger partial charge in [0.15, 0.2) is 5.78 Å². The van der Waals surface area contributed by atoms with Crippen LogP contribution in [0.2, 0.25) is 0 Å². The zero-order valence-corrected chi connectivity index (χ0v) is 13.9. The van der Waals surface area contributed by atoms with E-state index >= 15 is 0 Å². The van der Waals surface area contributed by atoms with Gasteiger partial charge in [0.05, 0.1) is 21.9 Å². The Labute approximate surface area is 146 Å². The van der Waals surface area contributed by atoms with Crippen molar-refractivity contribution in [2.45, 2.75) is 16.0 Å². The number of carbonyl (C=O) groups is 1. The molecule has 1 N–H and O–H groups in total. The topological polar surface area (TPSA) is 75.6 Å². The second-order valence-corrected chi connectivity index (χ2v) is 7.80. The van der Waals surface area contributed by atoms with Crippen molar-refractivity contribution in [1.82, 2.24) is 5.32 Å². The van der Waals surface area contributed by atoms with Crippen molar-refractivity contribution in [3.8, 4) is 0 Å². The lowest BCUT2D eigenvalue weighted by molar-refractivity contribution is -0.137. The van der Waals surface area contributed by atoms with Crippen LogP contribution in [-0.4, -0.2) is 33.1 Å². The van der Waals surface area contributed by atoms with Crippen LogP contribution in [0.5, 0.6) is 0 Å². The van der Waals surface area contributed by atoms with Crippen LogP contribution in [0.4, 0.5) is 13.2 Å². The number of alkyl halides is 3. The summed E-state index contributed by atoms with van der Waals surface area (Å²) < 4.78 is 64.7. The summed E-state index contributed by atoms with van der Waals surface area (Å²) in [5, 5.41) is 2.99. The number of halogens is 3. The fraction of sp³-hybridized carbons (Fsp3) is 0.176. The van der Waals surface area contributed by atoms with Crippen LogP contribution in [0, 0.1) is 0 Å². The molecule has 2 heterocycles. The molecule has 26 heavy (non-hydrogen) atoms.